The molecule has 1 saturated heterocycles. The molecule has 1 aliphatic rings. The summed E-state index contributed by atoms with van der Waals surface area (Å²) in [4.78, 5) is 14.6. The highest BCUT2D eigenvalue weighted by molar-refractivity contribution is 5.78. The summed E-state index contributed by atoms with van der Waals surface area (Å²) in [5.41, 5.74) is 1.35. The highest BCUT2D eigenvalue weighted by Gasteiger charge is 2.24. The van der Waals surface area contributed by atoms with Crippen molar-refractivity contribution in [3.63, 3.8) is 0 Å². The number of nitrogens with one attached hydrogen (secondary N) is 2. The van der Waals surface area contributed by atoms with Crippen molar-refractivity contribution in [1.82, 2.24) is 15.5 Å². The van der Waals surface area contributed by atoms with Crippen LogP contribution >= 0.6 is 0 Å². The molecule has 1 amide bonds. The smallest absolute Gasteiger partial charge is 0.223 e. The quantitative estimate of drug-likeness (QED) is 0.836. The number of benzene rings is 1. The Morgan fingerprint density at radius 1 is 1.29 bits per heavy atom. The summed E-state index contributed by atoms with van der Waals surface area (Å²) < 4.78 is 0. The molecule has 2 N–H and O–H groups in total. The third kappa shape index (κ3) is 5.14. The van der Waals surface area contributed by atoms with E-state index in [-0.39, 0.29) is 11.8 Å². The van der Waals surface area contributed by atoms with Crippen molar-refractivity contribution < 1.29 is 4.79 Å². The van der Waals surface area contributed by atoms with E-state index in [2.05, 4.69) is 46.7 Å². The SMILES string of the molecule is CNC(C)CNC(=O)C1CCN(Cc2ccccc2)CC1. The van der Waals surface area contributed by atoms with Gasteiger partial charge in [-0.3, -0.25) is 9.69 Å². The first-order chi connectivity index (χ1) is 10.2. The number of rotatable bonds is 6. The Kier molecular flexibility index (Phi) is 6.21. The standard InChI is InChI=1S/C17H27N3O/c1-14(18-2)12-19-17(21)16-8-10-20(11-9-16)13-15-6-4-3-5-7-15/h3-7,14,16,18H,8-13H2,1-2H3,(H,19,21). The summed E-state index contributed by atoms with van der Waals surface area (Å²) in [6.07, 6.45) is 1.93. The molecule has 1 aliphatic heterocycles. The number of carbonyl (C=O) groups excluding carboxylic acids is 1. The van der Waals surface area contributed by atoms with Crippen LogP contribution in [0.3, 0.4) is 0 Å². The highest BCUT2D eigenvalue weighted by atomic mass is 16.1. The Labute approximate surface area is 127 Å². The number of likely N-dealkylation sites (tertiary alicyclic amines) is 1. The van der Waals surface area contributed by atoms with E-state index in [4.69, 9.17) is 0 Å². The minimum absolute atomic E-state index is 0.182. The van der Waals surface area contributed by atoms with Crippen molar-refractivity contribution in [2.75, 3.05) is 26.7 Å². The lowest BCUT2D eigenvalue weighted by atomic mass is 9.95. The largest absolute Gasteiger partial charge is 0.354 e. The Bertz CT molecular complexity index is 427. The Morgan fingerprint density at radius 2 is 1.95 bits per heavy atom. The fourth-order valence-electron chi connectivity index (χ4n) is 2.69. The molecule has 2 rings (SSSR count). The maximum Gasteiger partial charge on any atom is 0.223 e. The number of amides is 1. The number of hydrogen-bond donors (Lipinski definition) is 2. The van der Waals surface area contributed by atoms with Crippen molar-refractivity contribution >= 4 is 5.91 Å². The van der Waals surface area contributed by atoms with Crippen LogP contribution in [0.25, 0.3) is 0 Å². The third-order valence-electron chi connectivity index (χ3n) is 4.28. The summed E-state index contributed by atoms with van der Waals surface area (Å²) in [5.74, 6) is 0.401. The molecule has 4 heteroatoms. The molecule has 1 aromatic rings. The van der Waals surface area contributed by atoms with E-state index >= 15 is 0 Å². The number of carbonyl (C=O) groups is 1. The first-order valence-electron chi connectivity index (χ1n) is 7.90. The van der Waals surface area contributed by atoms with Crippen molar-refractivity contribution in [3.8, 4) is 0 Å². The lowest BCUT2D eigenvalue weighted by Crippen LogP contribution is -2.43. The zero-order valence-electron chi connectivity index (χ0n) is 13.1. The van der Waals surface area contributed by atoms with Gasteiger partial charge >= 0.3 is 0 Å². The van der Waals surface area contributed by atoms with Gasteiger partial charge in [0.25, 0.3) is 0 Å². The second-order valence-electron chi connectivity index (χ2n) is 5.97. The molecule has 0 spiro atoms. The van der Waals surface area contributed by atoms with Gasteiger partial charge in [-0.25, -0.2) is 0 Å². The predicted molar refractivity (Wildman–Crippen MR) is 86.0 cm³/mol. The molecule has 0 bridgehead atoms. The zero-order chi connectivity index (χ0) is 15.1. The van der Waals surface area contributed by atoms with Crippen LogP contribution in [0.5, 0.6) is 0 Å². The molecule has 21 heavy (non-hydrogen) atoms. The van der Waals surface area contributed by atoms with Crippen molar-refractivity contribution in [3.05, 3.63) is 35.9 Å². The normalized spacial score (nSPS) is 18.4. The summed E-state index contributed by atoms with van der Waals surface area (Å²) in [6, 6.07) is 10.9. The second-order valence-corrected chi connectivity index (χ2v) is 5.97. The number of nitrogens with zero attached hydrogens (tertiary/aromatic N) is 1. The lowest BCUT2D eigenvalue weighted by Gasteiger charge is -2.31. The van der Waals surface area contributed by atoms with Gasteiger partial charge in [-0.05, 0) is 45.5 Å². The summed E-state index contributed by atoms with van der Waals surface area (Å²) in [5, 5.41) is 6.18. The van der Waals surface area contributed by atoms with Crippen molar-refractivity contribution in [2.45, 2.75) is 32.4 Å². The van der Waals surface area contributed by atoms with Gasteiger partial charge in [-0.2, -0.15) is 0 Å². The maximum atomic E-state index is 12.1. The van der Waals surface area contributed by atoms with Crippen LogP contribution in [-0.4, -0.2) is 43.5 Å². The van der Waals surface area contributed by atoms with E-state index < -0.39 is 0 Å². The monoisotopic (exact) mass is 289 g/mol. The molecule has 0 saturated carbocycles. The van der Waals surface area contributed by atoms with Crippen LogP contribution in [0.4, 0.5) is 0 Å². The minimum Gasteiger partial charge on any atom is -0.354 e. The predicted octanol–water partition coefficient (Wildman–Crippen LogP) is 1.62. The fourth-order valence-corrected chi connectivity index (χ4v) is 2.69. The first kappa shape index (κ1) is 16.0. The summed E-state index contributed by atoms with van der Waals surface area (Å²) in [6.45, 7) is 5.79. The summed E-state index contributed by atoms with van der Waals surface area (Å²) in [7, 11) is 1.92. The molecular weight excluding hydrogens is 262 g/mol. The van der Waals surface area contributed by atoms with Crippen LogP contribution in [0.2, 0.25) is 0 Å². The maximum absolute atomic E-state index is 12.1. The van der Waals surface area contributed by atoms with Crippen LogP contribution in [0.1, 0.15) is 25.3 Å². The third-order valence-corrected chi connectivity index (χ3v) is 4.28. The summed E-state index contributed by atoms with van der Waals surface area (Å²) >= 11 is 0. The molecule has 1 heterocycles. The fraction of sp³-hybridized carbons (Fsp3) is 0.588. The molecule has 4 nitrogen and oxygen atoms in total. The Balaban J connectivity index is 1.71. The molecule has 1 aromatic carbocycles. The first-order valence-corrected chi connectivity index (χ1v) is 7.90. The molecule has 1 fully saturated rings. The van der Waals surface area contributed by atoms with E-state index in [0.29, 0.717) is 12.6 Å². The van der Waals surface area contributed by atoms with Crippen LogP contribution < -0.4 is 10.6 Å². The second kappa shape index (κ2) is 8.15. The molecule has 0 radical (unpaired) electrons. The Morgan fingerprint density at radius 3 is 2.57 bits per heavy atom. The van der Waals surface area contributed by atoms with Gasteiger partial charge in [-0.15, -0.1) is 0 Å². The van der Waals surface area contributed by atoms with Gasteiger partial charge in [0.15, 0.2) is 0 Å². The average Bonchev–Trinajstić information content (AvgIpc) is 2.54. The van der Waals surface area contributed by atoms with Crippen molar-refractivity contribution in [1.29, 1.82) is 0 Å². The molecular formula is C17H27N3O. The van der Waals surface area contributed by atoms with Gasteiger partial charge in [0.05, 0.1) is 0 Å². The Hall–Kier alpha value is -1.39. The number of hydrogen-bond acceptors (Lipinski definition) is 3. The van der Waals surface area contributed by atoms with Crippen molar-refractivity contribution in [2.24, 2.45) is 5.92 Å². The molecule has 116 valence electrons. The highest BCUT2D eigenvalue weighted by Crippen LogP contribution is 2.19. The topological polar surface area (TPSA) is 44.4 Å². The minimum atomic E-state index is 0.182. The number of likely N-dealkylation sites (N-methyl/N-ethyl adjacent to an activating group) is 1. The molecule has 1 unspecified atom stereocenters. The van der Waals surface area contributed by atoms with Gasteiger partial charge in [0.2, 0.25) is 5.91 Å². The van der Waals surface area contributed by atoms with Gasteiger partial charge in [0.1, 0.15) is 0 Å². The molecule has 0 aromatic heterocycles. The van der Waals surface area contributed by atoms with E-state index in [1.807, 2.05) is 13.1 Å². The van der Waals surface area contributed by atoms with Gasteiger partial charge in [-0.1, -0.05) is 30.3 Å². The van der Waals surface area contributed by atoms with Gasteiger partial charge < -0.3 is 10.6 Å². The zero-order valence-corrected chi connectivity index (χ0v) is 13.1. The van der Waals surface area contributed by atoms with E-state index in [9.17, 15) is 4.79 Å². The van der Waals surface area contributed by atoms with Crippen LogP contribution in [0.15, 0.2) is 30.3 Å². The number of piperidine rings is 1. The average molecular weight is 289 g/mol. The molecule has 1 atom stereocenters. The van der Waals surface area contributed by atoms with Crippen LogP contribution in [0, 0.1) is 5.92 Å². The van der Waals surface area contributed by atoms with E-state index in [0.717, 1.165) is 32.5 Å². The lowest BCUT2D eigenvalue weighted by molar-refractivity contribution is -0.126. The van der Waals surface area contributed by atoms with E-state index in [1.165, 1.54) is 5.56 Å². The van der Waals surface area contributed by atoms with E-state index in [1.54, 1.807) is 0 Å². The van der Waals surface area contributed by atoms with Crippen LogP contribution in [-0.2, 0) is 11.3 Å². The van der Waals surface area contributed by atoms with Gasteiger partial charge in [0, 0.05) is 25.0 Å². The molecule has 0 aliphatic carbocycles.